The fourth-order valence-electron chi connectivity index (χ4n) is 1.89. The van der Waals surface area contributed by atoms with Crippen molar-refractivity contribution in [2.75, 3.05) is 13.2 Å². The highest BCUT2D eigenvalue weighted by atomic mass is 16.5. The lowest BCUT2D eigenvalue weighted by atomic mass is 10.1. The molecule has 20 heavy (non-hydrogen) atoms. The Bertz CT molecular complexity index is 499. The van der Waals surface area contributed by atoms with Gasteiger partial charge >= 0.3 is 0 Å². The molecule has 1 heterocycles. The number of aromatic nitrogens is 2. The minimum absolute atomic E-state index is 0.259. The molecule has 5 nitrogen and oxygen atoms in total. The van der Waals surface area contributed by atoms with Crippen LogP contribution >= 0.6 is 0 Å². The van der Waals surface area contributed by atoms with E-state index in [1.54, 1.807) is 0 Å². The Hall–Kier alpha value is -1.88. The highest BCUT2D eigenvalue weighted by molar-refractivity contribution is 5.20. The summed E-state index contributed by atoms with van der Waals surface area (Å²) in [5, 5.41) is 3.98. The third kappa shape index (κ3) is 4.35. The van der Waals surface area contributed by atoms with E-state index in [1.807, 2.05) is 30.3 Å². The molecular formula is C15H21N3O2. The van der Waals surface area contributed by atoms with Crippen LogP contribution in [0, 0.1) is 0 Å². The number of benzene rings is 1. The molecule has 1 atom stereocenters. The van der Waals surface area contributed by atoms with Crippen molar-refractivity contribution in [2.45, 2.75) is 32.1 Å². The molecule has 0 aliphatic heterocycles. The van der Waals surface area contributed by atoms with Crippen LogP contribution in [0.4, 0.5) is 0 Å². The van der Waals surface area contributed by atoms with Gasteiger partial charge in [-0.2, -0.15) is 4.98 Å². The number of rotatable bonds is 8. The number of para-hydroxylation sites is 1. The van der Waals surface area contributed by atoms with Crippen LogP contribution in [0.5, 0.6) is 5.75 Å². The first-order valence-electron chi connectivity index (χ1n) is 7.00. The van der Waals surface area contributed by atoms with Crippen LogP contribution in [0.25, 0.3) is 0 Å². The molecule has 5 heteroatoms. The SMILES string of the molecule is CC(CCCN)c1nc(CCOc2ccccc2)no1. The molecule has 0 radical (unpaired) electrons. The fourth-order valence-corrected chi connectivity index (χ4v) is 1.89. The molecule has 1 aromatic carbocycles. The number of hydrogen-bond donors (Lipinski definition) is 1. The van der Waals surface area contributed by atoms with Gasteiger partial charge in [-0.05, 0) is 31.5 Å². The van der Waals surface area contributed by atoms with E-state index < -0.39 is 0 Å². The van der Waals surface area contributed by atoms with Crippen LogP contribution in [0.3, 0.4) is 0 Å². The second-order valence-electron chi connectivity index (χ2n) is 4.79. The van der Waals surface area contributed by atoms with Gasteiger partial charge in [0.25, 0.3) is 0 Å². The number of nitrogens with two attached hydrogens (primary N) is 1. The highest BCUT2D eigenvalue weighted by Gasteiger charge is 2.13. The minimum Gasteiger partial charge on any atom is -0.493 e. The predicted octanol–water partition coefficient (Wildman–Crippen LogP) is 2.53. The quantitative estimate of drug-likeness (QED) is 0.801. The molecule has 0 spiro atoms. The van der Waals surface area contributed by atoms with Crippen molar-refractivity contribution in [1.82, 2.24) is 10.1 Å². The first-order chi connectivity index (χ1) is 9.79. The van der Waals surface area contributed by atoms with Crippen LogP contribution in [0.15, 0.2) is 34.9 Å². The molecule has 2 N–H and O–H groups in total. The predicted molar refractivity (Wildman–Crippen MR) is 76.6 cm³/mol. The van der Waals surface area contributed by atoms with Gasteiger partial charge in [-0.15, -0.1) is 0 Å². The van der Waals surface area contributed by atoms with Crippen LogP contribution in [0.1, 0.15) is 37.4 Å². The Kier molecular flexibility index (Phi) is 5.55. The molecule has 0 aliphatic rings. The van der Waals surface area contributed by atoms with Gasteiger partial charge in [-0.3, -0.25) is 0 Å². The second-order valence-corrected chi connectivity index (χ2v) is 4.79. The van der Waals surface area contributed by atoms with E-state index in [2.05, 4.69) is 17.1 Å². The first kappa shape index (κ1) is 14.5. The number of hydrogen-bond acceptors (Lipinski definition) is 5. The van der Waals surface area contributed by atoms with E-state index in [4.69, 9.17) is 15.0 Å². The molecule has 1 aromatic heterocycles. The van der Waals surface area contributed by atoms with Crippen molar-refractivity contribution < 1.29 is 9.26 Å². The van der Waals surface area contributed by atoms with E-state index in [0.717, 1.165) is 18.6 Å². The highest BCUT2D eigenvalue weighted by Crippen LogP contribution is 2.18. The Morgan fingerprint density at radius 1 is 1.30 bits per heavy atom. The summed E-state index contributed by atoms with van der Waals surface area (Å²) in [6.07, 6.45) is 2.58. The average Bonchev–Trinajstić information content (AvgIpc) is 2.95. The van der Waals surface area contributed by atoms with Crippen LogP contribution in [-0.4, -0.2) is 23.3 Å². The number of ether oxygens (including phenoxy) is 1. The molecule has 0 saturated heterocycles. The summed E-state index contributed by atoms with van der Waals surface area (Å²) < 4.78 is 10.9. The molecule has 0 aliphatic carbocycles. The van der Waals surface area contributed by atoms with Gasteiger partial charge in [0.1, 0.15) is 5.75 Å². The van der Waals surface area contributed by atoms with Crippen molar-refractivity contribution in [2.24, 2.45) is 5.73 Å². The largest absolute Gasteiger partial charge is 0.493 e. The molecule has 0 amide bonds. The van der Waals surface area contributed by atoms with Crippen molar-refractivity contribution in [3.63, 3.8) is 0 Å². The summed E-state index contributed by atoms with van der Waals surface area (Å²) in [6.45, 7) is 3.31. The summed E-state index contributed by atoms with van der Waals surface area (Å²) in [7, 11) is 0. The third-order valence-corrected chi connectivity index (χ3v) is 3.08. The van der Waals surface area contributed by atoms with Gasteiger partial charge in [0.2, 0.25) is 5.89 Å². The zero-order valence-corrected chi connectivity index (χ0v) is 11.8. The fraction of sp³-hybridized carbons (Fsp3) is 0.467. The van der Waals surface area contributed by atoms with Gasteiger partial charge in [0.15, 0.2) is 5.82 Å². The Morgan fingerprint density at radius 2 is 2.10 bits per heavy atom. The lowest BCUT2D eigenvalue weighted by Crippen LogP contribution is -2.04. The molecule has 0 bridgehead atoms. The van der Waals surface area contributed by atoms with Crippen LogP contribution < -0.4 is 10.5 Å². The molecule has 1 unspecified atom stereocenters. The van der Waals surface area contributed by atoms with Crippen LogP contribution in [0.2, 0.25) is 0 Å². The zero-order valence-electron chi connectivity index (χ0n) is 11.8. The maximum Gasteiger partial charge on any atom is 0.229 e. The van der Waals surface area contributed by atoms with Gasteiger partial charge in [0, 0.05) is 12.3 Å². The number of nitrogens with zero attached hydrogens (tertiary/aromatic N) is 2. The standard InChI is InChI=1S/C15H21N3O2/c1-12(6-5-10-16)15-17-14(18-20-15)9-11-19-13-7-3-2-4-8-13/h2-4,7-8,12H,5-6,9-11,16H2,1H3. The summed E-state index contributed by atoms with van der Waals surface area (Å²) in [5.41, 5.74) is 5.50. The first-order valence-corrected chi connectivity index (χ1v) is 7.00. The molecule has 0 fully saturated rings. The van der Waals surface area contributed by atoms with Gasteiger partial charge < -0.3 is 15.0 Å². The molecule has 2 rings (SSSR count). The Morgan fingerprint density at radius 3 is 2.85 bits per heavy atom. The molecule has 0 saturated carbocycles. The van der Waals surface area contributed by atoms with E-state index >= 15 is 0 Å². The van der Waals surface area contributed by atoms with Gasteiger partial charge in [0.05, 0.1) is 6.61 Å². The van der Waals surface area contributed by atoms with Crippen molar-refractivity contribution in [3.05, 3.63) is 42.0 Å². The zero-order chi connectivity index (χ0) is 14.2. The average molecular weight is 275 g/mol. The normalized spacial score (nSPS) is 12.3. The summed E-state index contributed by atoms with van der Waals surface area (Å²) >= 11 is 0. The van der Waals surface area contributed by atoms with E-state index in [-0.39, 0.29) is 5.92 Å². The summed E-state index contributed by atoms with van der Waals surface area (Å²) in [6, 6.07) is 9.70. The lowest BCUT2D eigenvalue weighted by Gasteiger charge is -2.04. The molecule has 108 valence electrons. The van der Waals surface area contributed by atoms with Crippen molar-refractivity contribution in [1.29, 1.82) is 0 Å². The van der Waals surface area contributed by atoms with Gasteiger partial charge in [-0.25, -0.2) is 0 Å². The third-order valence-electron chi connectivity index (χ3n) is 3.08. The second kappa shape index (κ2) is 7.65. The maximum absolute atomic E-state index is 5.61. The van der Waals surface area contributed by atoms with E-state index in [0.29, 0.717) is 31.3 Å². The minimum atomic E-state index is 0.259. The van der Waals surface area contributed by atoms with Gasteiger partial charge in [-0.1, -0.05) is 30.3 Å². The Balaban J connectivity index is 1.78. The van der Waals surface area contributed by atoms with Crippen LogP contribution in [-0.2, 0) is 6.42 Å². The maximum atomic E-state index is 5.61. The summed E-state index contributed by atoms with van der Waals surface area (Å²) in [4.78, 5) is 4.40. The van der Waals surface area contributed by atoms with E-state index in [9.17, 15) is 0 Å². The Labute approximate surface area is 119 Å². The smallest absolute Gasteiger partial charge is 0.229 e. The molecule has 2 aromatic rings. The van der Waals surface area contributed by atoms with Crippen molar-refractivity contribution in [3.8, 4) is 5.75 Å². The topological polar surface area (TPSA) is 74.2 Å². The lowest BCUT2D eigenvalue weighted by molar-refractivity contribution is 0.312. The van der Waals surface area contributed by atoms with Crippen molar-refractivity contribution >= 4 is 0 Å². The van der Waals surface area contributed by atoms with E-state index in [1.165, 1.54) is 0 Å². The monoisotopic (exact) mass is 275 g/mol. The summed E-state index contributed by atoms with van der Waals surface area (Å²) in [5.74, 6) is 2.49. The molecular weight excluding hydrogens is 254 g/mol.